The second-order valence-electron chi connectivity index (χ2n) is 4.34. The van der Waals surface area contributed by atoms with Crippen LogP contribution in [0.5, 0.6) is 5.75 Å². The largest absolute Gasteiger partial charge is 0.507 e. The molecule has 2 aromatic carbocycles. The number of oxazole rings is 1. The summed E-state index contributed by atoms with van der Waals surface area (Å²) in [5.41, 5.74) is 2.17. The lowest BCUT2D eigenvalue weighted by atomic mass is 10.2. The van der Waals surface area contributed by atoms with E-state index in [0.29, 0.717) is 16.3 Å². The predicted octanol–water partition coefficient (Wildman–Crippen LogP) is 4.45. The van der Waals surface area contributed by atoms with E-state index in [1.807, 2.05) is 18.2 Å². The second-order valence-corrected chi connectivity index (χ2v) is 4.78. The highest BCUT2D eigenvalue weighted by Gasteiger charge is 2.05. The highest BCUT2D eigenvalue weighted by Crippen LogP contribution is 2.24. The van der Waals surface area contributed by atoms with Gasteiger partial charge in [0.15, 0.2) is 0 Å². The van der Waals surface area contributed by atoms with Crippen molar-refractivity contribution in [1.29, 1.82) is 0 Å². The molecule has 0 amide bonds. The number of phenols is 1. The minimum absolute atomic E-state index is 0.158. The Hall–Kier alpha value is -2.59. The summed E-state index contributed by atoms with van der Waals surface area (Å²) in [6.45, 7) is 0. The first-order valence-corrected chi connectivity index (χ1v) is 6.64. The maximum Gasteiger partial charge on any atom is 0.322 e. The fraction of sp³-hybridized carbons (Fsp3) is 0. The zero-order valence-corrected chi connectivity index (χ0v) is 11.7. The van der Waals surface area contributed by atoms with Gasteiger partial charge in [0.1, 0.15) is 17.7 Å². The fourth-order valence-electron chi connectivity index (χ4n) is 1.80. The maximum absolute atomic E-state index is 9.64. The first-order valence-electron chi connectivity index (χ1n) is 6.26. The lowest BCUT2D eigenvalue weighted by Gasteiger charge is -1.95. The van der Waals surface area contributed by atoms with Crippen molar-refractivity contribution < 1.29 is 9.52 Å². The van der Waals surface area contributed by atoms with Crippen LogP contribution in [0.2, 0.25) is 5.02 Å². The van der Waals surface area contributed by atoms with Crippen LogP contribution >= 0.6 is 11.6 Å². The van der Waals surface area contributed by atoms with Gasteiger partial charge in [0.2, 0.25) is 0 Å². The van der Waals surface area contributed by atoms with Crippen LogP contribution in [0, 0.1) is 0 Å². The van der Waals surface area contributed by atoms with E-state index in [4.69, 9.17) is 16.0 Å². The van der Waals surface area contributed by atoms with Gasteiger partial charge in [0, 0.05) is 22.4 Å². The van der Waals surface area contributed by atoms with Crippen LogP contribution in [0.1, 0.15) is 5.56 Å². The minimum Gasteiger partial charge on any atom is -0.507 e. The Morgan fingerprint density at radius 1 is 1.10 bits per heavy atom. The smallest absolute Gasteiger partial charge is 0.322 e. The molecule has 1 N–H and O–H groups in total. The van der Waals surface area contributed by atoms with Crippen LogP contribution in [0.3, 0.4) is 0 Å². The summed E-state index contributed by atoms with van der Waals surface area (Å²) in [6, 6.07) is 14.4. The predicted molar refractivity (Wildman–Crippen MR) is 82.3 cm³/mol. The number of phenolic OH excluding ortho intramolecular Hbond substituents is 1. The molecule has 0 atom stereocenters. The number of aliphatic imine (C=N–C) groups is 1. The number of benzene rings is 2. The molecule has 0 bridgehead atoms. The number of para-hydroxylation sites is 1. The third-order valence-electron chi connectivity index (χ3n) is 2.88. The Morgan fingerprint density at radius 2 is 1.86 bits per heavy atom. The van der Waals surface area contributed by atoms with Crippen molar-refractivity contribution in [2.45, 2.75) is 0 Å². The van der Waals surface area contributed by atoms with Crippen LogP contribution in [0.25, 0.3) is 11.3 Å². The Kier molecular flexibility index (Phi) is 3.71. The van der Waals surface area contributed by atoms with E-state index in [9.17, 15) is 5.11 Å². The van der Waals surface area contributed by atoms with Crippen molar-refractivity contribution in [2.24, 2.45) is 4.99 Å². The van der Waals surface area contributed by atoms with Gasteiger partial charge >= 0.3 is 6.01 Å². The van der Waals surface area contributed by atoms with Crippen molar-refractivity contribution in [3.8, 4) is 17.0 Å². The summed E-state index contributed by atoms with van der Waals surface area (Å²) >= 11 is 5.85. The molecule has 3 rings (SSSR count). The monoisotopic (exact) mass is 298 g/mol. The van der Waals surface area contributed by atoms with E-state index >= 15 is 0 Å². The molecule has 0 aliphatic heterocycles. The average Bonchev–Trinajstić information content (AvgIpc) is 2.96. The van der Waals surface area contributed by atoms with Crippen LogP contribution in [0.4, 0.5) is 6.01 Å². The second kappa shape index (κ2) is 5.81. The first-order chi connectivity index (χ1) is 10.2. The molecule has 5 heteroatoms. The molecule has 0 aliphatic rings. The third-order valence-corrected chi connectivity index (χ3v) is 3.13. The molecule has 4 nitrogen and oxygen atoms in total. The number of aromatic nitrogens is 1. The van der Waals surface area contributed by atoms with Gasteiger partial charge < -0.3 is 9.52 Å². The summed E-state index contributed by atoms with van der Waals surface area (Å²) in [6.07, 6.45) is 3.04. The minimum atomic E-state index is 0.158. The van der Waals surface area contributed by atoms with E-state index < -0.39 is 0 Å². The van der Waals surface area contributed by atoms with Crippen molar-refractivity contribution in [3.63, 3.8) is 0 Å². The van der Waals surface area contributed by atoms with Gasteiger partial charge in [-0.05, 0) is 24.3 Å². The van der Waals surface area contributed by atoms with E-state index in [1.54, 1.807) is 30.3 Å². The van der Waals surface area contributed by atoms with Gasteiger partial charge in [-0.3, -0.25) is 0 Å². The van der Waals surface area contributed by atoms with Gasteiger partial charge in [-0.2, -0.15) is 4.98 Å². The molecule has 1 aromatic heterocycles. The molecule has 0 radical (unpaired) electrons. The molecule has 0 unspecified atom stereocenters. The molecule has 0 saturated carbocycles. The van der Waals surface area contributed by atoms with E-state index in [2.05, 4.69) is 9.98 Å². The van der Waals surface area contributed by atoms with Gasteiger partial charge in [-0.1, -0.05) is 35.9 Å². The fourth-order valence-corrected chi connectivity index (χ4v) is 1.92. The summed E-state index contributed by atoms with van der Waals surface area (Å²) in [5, 5.41) is 10.3. The van der Waals surface area contributed by atoms with Gasteiger partial charge in [0.25, 0.3) is 0 Å². The summed E-state index contributed by atoms with van der Waals surface area (Å²) in [4.78, 5) is 8.38. The molecule has 0 aliphatic carbocycles. The van der Waals surface area contributed by atoms with Gasteiger partial charge in [-0.15, -0.1) is 0 Å². The first kappa shape index (κ1) is 13.4. The standard InChI is InChI=1S/C16H11ClN2O2/c17-13-7-5-11(6-8-13)14-10-21-16(19-14)18-9-12-3-1-2-4-15(12)20/h1-10,20H/b18-9+. The zero-order valence-electron chi connectivity index (χ0n) is 10.9. The Morgan fingerprint density at radius 3 is 2.62 bits per heavy atom. The number of aromatic hydroxyl groups is 1. The van der Waals surface area contributed by atoms with Gasteiger partial charge in [-0.25, -0.2) is 4.99 Å². The molecule has 0 fully saturated rings. The van der Waals surface area contributed by atoms with Crippen LogP contribution in [-0.4, -0.2) is 16.3 Å². The molecule has 104 valence electrons. The average molecular weight is 299 g/mol. The highest BCUT2D eigenvalue weighted by atomic mass is 35.5. The number of rotatable bonds is 3. The van der Waals surface area contributed by atoms with Gasteiger partial charge in [0.05, 0.1) is 0 Å². The van der Waals surface area contributed by atoms with Crippen molar-refractivity contribution in [1.82, 2.24) is 4.98 Å². The topological polar surface area (TPSA) is 58.6 Å². The molecule has 1 heterocycles. The number of halogens is 1. The lowest BCUT2D eigenvalue weighted by Crippen LogP contribution is -1.81. The molecule has 0 spiro atoms. The maximum atomic E-state index is 9.64. The third kappa shape index (κ3) is 3.12. The summed E-state index contributed by atoms with van der Waals surface area (Å²) in [7, 11) is 0. The van der Waals surface area contributed by atoms with Crippen LogP contribution in [0.15, 0.2) is 64.2 Å². The summed E-state index contributed by atoms with van der Waals surface area (Å²) < 4.78 is 5.29. The molecule has 3 aromatic rings. The Labute approximate surface area is 126 Å². The quantitative estimate of drug-likeness (QED) is 0.727. The number of hydrogen-bond acceptors (Lipinski definition) is 4. The van der Waals surface area contributed by atoms with Crippen LogP contribution in [-0.2, 0) is 0 Å². The molecule has 21 heavy (non-hydrogen) atoms. The Balaban J connectivity index is 1.82. The van der Waals surface area contributed by atoms with Crippen molar-refractivity contribution in [2.75, 3.05) is 0 Å². The van der Waals surface area contributed by atoms with Crippen molar-refractivity contribution in [3.05, 3.63) is 65.4 Å². The molecular weight excluding hydrogens is 288 g/mol. The molecular formula is C16H11ClN2O2. The van der Waals surface area contributed by atoms with E-state index in [1.165, 1.54) is 12.5 Å². The Bertz CT molecular complexity index is 779. The summed E-state index contributed by atoms with van der Waals surface area (Å²) in [5.74, 6) is 0.158. The van der Waals surface area contributed by atoms with E-state index in [0.717, 1.165) is 5.56 Å². The normalized spacial score (nSPS) is 11.1. The van der Waals surface area contributed by atoms with E-state index in [-0.39, 0.29) is 11.8 Å². The number of hydrogen-bond donors (Lipinski definition) is 1. The number of nitrogens with zero attached hydrogens (tertiary/aromatic N) is 2. The SMILES string of the molecule is Oc1ccccc1/C=N/c1nc(-c2ccc(Cl)cc2)co1. The van der Waals surface area contributed by atoms with Crippen LogP contribution < -0.4 is 0 Å². The lowest BCUT2D eigenvalue weighted by molar-refractivity contribution is 0.474. The van der Waals surface area contributed by atoms with Crippen molar-refractivity contribution >= 4 is 23.8 Å². The highest BCUT2D eigenvalue weighted by molar-refractivity contribution is 6.30. The zero-order chi connectivity index (χ0) is 14.7. The molecule has 0 saturated heterocycles.